The van der Waals surface area contributed by atoms with Gasteiger partial charge in [-0.1, -0.05) is 35.3 Å². The van der Waals surface area contributed by atoms with Crippen molar-refractivity contribution in [1.29, 1.82) is 0 Å². The topological polar surface area (TPSA) is 27.6 Å². The minimum Gasteiger partial charge on any atom is -0.354 e. The minimum atomic E-state index is 0.628. The maximum absolute atomic E-state index is 6.25. The summed E-state index contributed by atoms with van der Waals surface area (Å²) < 4.78 is 0. The largest absolute Gasteiger partial charge is 0.354 e. The number of hydrogen-bond donors (Lipinski definition) is 1. The molecule has 0 radical (unpaired) electrons. The second-order valence-corrected chi connectivity index (χ2v) is 4.75. The summed E-state index contributed by atoms with van der Waals surface area (Å²) in [5.74, 6) is 0.826. The number of nitrogens with zero attached hydrogens (tertiary/aromatic N) is 2. The van der Waals surface area contributed by atoms with Crippen molar-refractivity contribution in [3.63, 3.8) is 0 Å². The molecule has 0 spiro atoms. The average molecular weight is 284 g/mol. The van der Waals surface area contributed by atoms with E-state index in [-0.39, 0.29) is 0 Å². The Morgan fingerprint density at radius 2 is 2.11 bits per heavy atom. The number of nitrogens with one attached hydrogen (secondary N) is 1. The molecule has 0 saturated heterocycles. The van der Waals surface area contributed by atoms with E-state index in [1.54, 1.807) is 0 Å². The van der Waals surface area contributed by atoms with Crippen molar-refractivity contribution in [2.24, 2.45) is 4.99 Å². The standard InChI is InChI=1S/C13H15Cl2N3/c1-2-3-9-18(13-16-7-8-17-13)12-10(14)5-4-6-11(12)15/h2,4-6H,1,3,7-9H2,(H,16,17). The van der Waals surface area contributed by atoms with E-state index in [4.69, 9.17) is 23.2 Å². The first kappa shape index (κ1) is 13.2. The van der Waals surface area contributed by atoms with Gasteiger partial charge in [-0.15, -0.1) is 6.58 Å². The Labute approximate surface area is 117 Å². The van der Waals surface area contributed by atoms with Gasteiger partial charge in [0.05, 0.1) is 22.3 Å². The number of halogens is 2. The molecular weight excluding hydrogens is 269 g/mol. The highest BCUT2D eigenvalue weighted by Crippen LogP contribution is 2.33. The number of guanidine groups is 1. The van der Waals surface area contributed by atoms with Crippen LogP contribution in [0, 0.1) is 0 Å². The first-order valence-electron chi connectivity index (χ1n) is 5.85. The molecule has 1 aliphatic heterocycles. The zero-order valence-electron chi connectivity index (χ0n) is 10.00. The molecule has 1 heterocycles. The zero-order valence-corrected chi connectivity index (χ0v) is 11.5. The van der Waals surface area contributed by atoms with Gasteiger partial charge in [-0.25, -0.2) is 0 Å². The first-order chi connectivity index (χ1) is 8.74. The van der Waals surface area contributed by atoms with E-state index >= 15 is 0 Å². The Kier molecular flexibility index (Phi) is 4.50. The van der Waals surface area contributed by atoms with Crippen molar-refractivity contribution in [3.8, 4) is 0 Å². The van der Waals surface area contributed by atoms with E-state index in [1.807, 2.05) is 29.2 Å². The number of hydrogen-bond acceptors (Lipinski definition) is 3. The van der Waals surface area contributed by atoms with Crippen molar-refractivity contribution in [3.05, 3.63) is 40.9 Å². The molecule has 0 bridgehead atoms. The normalized spacial score (nSPS) is 14.0. The lowest BCUT2D eigenvalue weighted by atomic mass is 10.2. The molecule has 0 saturated carbocycles. The van der Waals surface area contributed by atoms with Crippen molar-refractivity contribution in [2.75, 3.05) is 24.5 Å². The van der Waals surface area contributed by atoms with Gasteiger partial charge in [-0.3, -0.25) is 4.99 Å². The minimum absolute atomic E-state index is 0.628. The second kappa shape index (κ2) is 6.12. The molecule has 0 atom stereocenters. The lowest BCUT2D eigenvalue weighted by Gasteiger charge is -2.26. The first-order valence-corrected chi connectivity index (χ1v) is 6.60. The molecule has 1 N–H and O–H groups in total. The third-order valence-corrected chi connectivity index (χ3v) is 3.29. The van der Waals surface area contributed by atoms with E-state index < -0.39 is 0 Å². The molecule has 0 amide bonds. The number of rotatable bonds is 4. The molecule has 18 heavy (non-hydrogen) atoms. The fourth-order valence-electron chi connectivity index (χ4n) is 1.86. The molecule has 0 aromatic heterocycles. The van der Waals surface area contributed by atoms with Crippen LogP contribution < -0.4 is 10.2 Å². The van der Waals surface area contributed by atoms with Crippen LogP contribution in [0.5, 0.6) is 0 Å². The molecule has 0 unspecified atom stereocenters. The summed E-state index contributed by atoms with van der Waals surface area (Å²) in [7, 11) is 0. The highest BCUT2D eigenvalue weighted by atomic mass is 35.5. The van der Waals surface area contributed by atoms with E-state index in [9.17, 15) is 0 Å². The van der Waals surface area contributed by atoms with Gasteiger partial charge in [-0.2, -0.15) is 0 Å². The lowest BCUT2D eigenvalue weighted by molar-refractivity contribution is 0.913. The molecule has 0 aliphatic carbocycles. The van der Waals surface area contributed by atoms with Crippen LogP contribution in [0.2, 0.25) is 10.0 Å². The fourth-order valence-corrected chi connectivity index (χ4v) is 2.46. The number of para-hydroxylation sites is 1. The van der Waals surface area contributed by atoms with E-state index in [1.165, 1.54) is 0 Å². The summed E-state index contributed by atoms with van der Waals surface area (Å²) in [6.07, 6.45) is 2.70. The molecule has 5 heteroatoms. The lowest BCUT2D eigenvalue weighted by Crippen LogP contribution is -2.39. The summed E-state index contributed by atoms with van der Waals surface area (Å²) in [5, 5.41) is 4.50. The third-order valence-electron chi connectivity index (χ3n) is 2.68. The number of benzene rings is 1. The van der Waals surface area contributed by atoms with Gasteiger partial charge in [0.25, 0.3) is 0 Å². The van der Waals surface area contributed by atoms with Crippen LogP contribution in [0.3, 0.4) is 0 Å². The van der Waals surface area contributed by atoms with Gasteiger partial charge in [0.15, 0.2) is 5.96 Å². The average Bonchev–Trinajstić information content (AvgIpc) is 2.86. The fraction of sp³-hybridized carbons (Fsp3) is 0.308. The summed E-state index contributed by atoms with van der Waals surface area (Å²) in [6.45, 7) is 6.12. The summed E-state index contributed by atoms with van der Waals surface area (Å²) >= 11 is 12.5. The van der Waals surface area contributed by atoms with Crippen molar-refractivity contribution >= 4 is 34.8 Å². The van der Waals surface area contributed by atoms with E-state index in [2.05, 4.69) is 16.9 Å². The summed E-state index contributed by atoms with van der Waals surface area (Å²) in [6, 6.07) is 5.50. The maximum Gasteiger partial charge on any atom is 0.198 e. The second-order valence-electron chi connectivity index (χ2n) is 3.93. The van der Waals surface area contributed by atoms with Crippen molar-refractivity contribution < 1.29 is 0 Å². The van der Waals surface area contributed by atoms with Crippen LogP contribution in [-0.4, -0.2) is 25.6 Å². The number of aliphatic imine (C=N–C) groups is 1. The summed E-state index contributed by atoms with van der Waals surface area (Å²) in [4.78, 5) is 6.44. The molecule has 1 aromatic carbocycles. The Balaban J connectivity index is 2.35. The van der Waals surface area contributed by atoms with Crippen LogP contribution in [0.4, 0.5) is 5.69 Å². The smallest absolute Gasteiger partial charge is 0.198 e. The van der Waals surface area contributed by atoms with Crippen LogP contribution >= 0.6 is 23.2 Å². The Hall–Kier alpha value is -1.19. The molecule has 3 nitrogen and oxygen atoms in total. The third kappa shape index (κ3) is 2.79. The quantitative estimate of drug-likeness (QED) is 0.859. The van der Waals surface area contributed by atoms with Gasteiger partial charge in [0, 0.05) is 13.1 Å². The molecule has 2 rings (SSSR count). The van der Waals surface area contributed by atoms with Crippen LogP contribution in [0.1, 0.15) is 6.42 Å². The van der Waals surface area contributed by atoms with Gasteiger partial charge in [-0.05, 0) is 18.6 Å². The molecule has 0 fully saturated rings. The van der Waals surface area contributed by atoms with Gasteiger partial charge < -0.3 is 10.2 Å². The maximum atomic E-state index is 6.25. The molecular formula is C13H15Cl2N3. The molecule has 96 valence electrons. The highest BCUT2D eigenvalue weighted by Gasteiger charge is 2.20. The van der Waals surface area contributed by atoms with Crippen LogP contribution in [0.25, 0.3) is 0 Å². The van der Waals surface area contributed by atoms with Crippen LogP contribution in [0.15, 0.2) is 35.8 Å². The Morgan fingerprint density at radius 3 is 2.67 bits per heavy atom. The predicted octanol–water partition coefficient (Wildman–Crippen LogP) is 3.34. The highest BCUT2D eigenvalue weighted by molar-refractivity contribution is 6.40. The molecule has 1 aliphatic rings. The van der Waals surface area contributed by atoms with Gasteiger partial charge in [0.2, 0.25) is 0 Å². The van der Waals surface area contributed by atoms with Gasteiger partial charge >= 0.3 is 0 Å². The SMILES string of the molecule is C=CCCN(C1=NCCN1)c1c(Cl)cccc1Cl. The molecule has 1 aromatic rings. The zero-order chi connectivity index (χ0) is 13.0. The van der Waals surface area contributed by atoms with Crippen molar-refractivity contribution in [1.82, 2.24) is 5.32 Å². The van der Waals surface area contributed by atoms with E-state index in [0.29, 0.717) is 10.0 Å². The predicted molar refractivity (Wildman–Crippen MR) is 78.9 cm³/mol. The van der Waals surface area contributed by atoms with Gasteiger partial charge in [0.1, 0.15) is 0 Å². The van der Waals surface area contributed by atoms with Crippen molar-refractivity contribution in [2.45, 2.75) is 6.42 Å². The van der Waals surface area contributed by atoms with Crippen LogP contribution in [-0.2, 0) is 0 Å². The Bertz CT molecular complexity index is 451. The number of anilines is 1. The monoisotopic (exact) mass is 283 g/mol. The summed E-state index contributed by atoms with van der Waals surface area (Å²) in [5.41, 5.74) is 0.802. The van der Waals surface area contributed by atoms with E-state index in [0.717, 1.165) is 37.7 Å². The Morgan fingerprint density at radius 1 is 1.39 bits per heavy atom.